The number of carboxylic acid groups (broad SMARTS) is 1. The van der Waals surface area contributed by atoms with E-state index < -0.39 is 5.97 Å². The van der Waals surface area contributed by atoms with Crippen molar-refractivity contribution >= 4 is 17.3 Å². The third-order valence-corrected chi connectivity index (χ3v) is 4.14. The van der Waals surface area contributed by atoms with Crippen LogP contribution in [0.1, 0.15) is 54.0 Å². The first kappa shape index (κ1) is 16.1. The zero-order chi connectivity index (χ0) is 14.3. The van der Waals surface area contributed by atoms with E-state index in [9.17, 15) is 4.79 Å². The maximum absolute atomic E-state index is 11.1. The van der Waals surface area contributed by atoms with Crippen molar-refractivity contribution in [2.75, 3.05) is 19.6 Å². The van der Waals surface area contributed by atoms with Crippen LogP contribution < -0.4 is 0 Å². The Morgan fingerprint density at radius 3 is 2.26 bits per heavy atom. The smallest absolute Gasteiger partial charge is 0.347 e. The van der Waals surface area contributed by atoms with Crippen molar-refractivity contribution in [3.63, 3.8) is 0 Å². The highest BCUT2D eigenvalue weighted by atomic mass is 32.1. The number of carboxylic acids is 1. The first-order valence-corrected chi connectivity index (χ1v) is 7.88. The van der Waals surface area contributed by atoms with Crippen molar-refractivity contribution in [3.8, 4) is 0 Å². The monoisotopic (exact) mass is 284 g/mol. The number of hydrogen-bond acceptors (Lipinski definition) is 4. The van der Waals surface area contributed by atoms with Crippen LogP contribution in [0.3, 0.4) is 0 Å². The summed E-state index contributed by atoms with van der Waals surface area (Å²) in [6.07, 6.45) is 3.84. The normalized spacial score (nSPS) is 11.2. The molecule has 0 aliphatic rings. The lowest BCUT2D eigenvalue weighted by atomic mass is 10.3. The molecule has 1 N–H and O–H groups in total. The molecular formula is C14H24N2O2S. The van der Waals surface area contributed by atoms with Crippen LogP contribution in [0.4, 0.5) is 0 Å². The summed E-state index contributed by atoms with van der Waals surface area (Å²) in [5, 5.41) is 10.1. The number of aryl methyl sites for hydroxylation is 1. The number of carbonyl (C=O) groups is 1. The molecule has 0 saturated heterocycles. The molecule has 0 aliphatic carbocycles. The van der Waals surface area contributed by atoms with Crippen LogP contribution in [-0.4, -0.2) is 40.6 Å². The van der Waals surface area contributed by atoms with Gasteiger partial charge in [-0.25, -0.2) is 9.78 Å². The van der Waals surface area contributed by atoms with E-state index in [4.69, 9.17) is 5.11 Å². The molecule has 0 bridgehead atoms. The minimum Gasteiger partial charge on any atom is -0.477 e. The number of hydrogen-bond donors (Lipinski definition) is 1. The lowest BCUT2D eigenvalue weighted by Gasteiger charge is -2.19. The molecule has 19 heavy (non-hydrogen) atoms. The van der Waals surface area contributed by atoms with E-state index in [-0.39, 0.29) is 0 Å². The highest BCUT2D eigenvalue weighted by Crippen LogP contribution is 2.20. The summed E-state index contributed by atoms with van der Waals surface area (Å²) in [6, 6.07) is 0. The van der Waals surface area contributed by atoms with Gasteiger partial charge >= 0.3 is 5.97 Å². The average Bonchev–Trinajstić information content (AvgIpc) is 2.80. The lowest BCUT2D eigenvalue weighted by Crippen LogP contribution is -2.27. The van der Waals surface area contributed by atoms with Crippen molar-refractivity contribution in [1.82, 2.24) is 9.88 Å². The molecule has 0 atom stereocenters. The Balaban J connectivity index is 2.63. The van der Waals surface area contributed by atoms with Crippen LogP contribution in [0.2, 0.25) is 0 Å². The van der Waals surface area contributed by atoms with Gasteiger partial charge < -0.3 is 10.0 Å². The van der Waals surface area contributed by atoms with Gasteiger partial charge in [0.2, 0.25) is 0 Å². The largest absolute Gasteiger partial charge is 0.477 e. The van der Waals surface area contributed by atoms with E-state index in [1.165, 1.54) is 11.3 Å². The molecule has 0 radical (unpaired) electrons. The summed E-state index contributed by atoms with van der Waals surface area (Å²) in [7, 11) is 0. The molecule has 108 valence electrons. The van der Waals surface area contributed by atoms with E-state index >= 15 is 0 Å². The number of aromatic nitrogens is 1. The fraction of sp³-hybridized carbons (Fsp3) is 0.714. The molecule has 1 rings (SSSR count). The van der Waals surface area contributed by atoms with Gasteiger partial charge in [0, 0.05) is 13.0 Å². The Bertz CT molecular complexity index is 398. The lowest BCUT2D eigenvalue weighted by molar-refractivity contribution is 0.0701. The van der Waals surface area contributed by atoms with Gasteiger partial charge in [-0.1, -0.05) is 20.8 Å². The van der Waals surface area contributed by atoms with Crippen molar-refractivity contribution in [2.24, 2.45) is 0 Å². The Kier molecular flexibility index (Phi) is 7.02. The van der Waals surface area contributed by atoms with Crippen molar-refractivity contribution in [1.29, 1.82) is 0 Å². The molecule has 0 amide bonds. The minimum absolute atomic E-state index is 0.412. The van der Waals surface area contributed by atoms with E-state index in [1.807, 2.05) is 6.92 Å². The van der Waals surface area contributed by atoms with Gasteiger partial charge in [-0.05, 0) is 32.4 Å². The fourth-order valence-electron chi connectivity index (χ4n) is 2.14. The zero-order valence-electron chi connectivity index (χ0n) is 12.1. The van der Waals surface area contributed by atoms with Gasteiger partial charge in [0.1, 0.15) is 4.88 Å². The van der Waals surface area contributed by atoms with Gasteiger partial charge in [0.15, 0.2) is 0 Å². The molecule has 0 aliphatic heterocycles. The Labute approximate surface area is 119 Å². The second-order valence-corrected chi connectivity index (χ2v) is 5.72. The van der Waals surface area contributed by atoms with Crippen LogP contribution in [0.5, 0.6) is 0 Å². The first-order chi connectivity index (χ1) is 9.12. The van der Waals surface area contributed by atoms with Crippen molar-refractivity contribution in [3.05, 3.63) is 15.6 Å². The number of nitrogens with zero attached hydrogens (tertiary/aromatic N) is 2. The molecule has 0 saturated carbocycles. The van der Waals surface area contributed by atoms with Crippen molar-refractivity contribution in [2.45, 2.75) is 46.5 Å². The SMILES string of the molecule is CCCN(CCC)CCc1nc(CC)c(C(=O)O)s1. The third kappa shape index (κ3) is 4.91. The van der Waals surface area contributed by atoms with Crippen LogP contribution >= 0.6 is 11.3 Å². The number of thiazole rings is 1. The minimum atomic E-state index is -0.848. The summed E-state index contributed by atoms with van der Waals surface area (Å²) in [4.78, 5) is 18.4. The van der Waals surface area contributed by atoms with Gasteiger partial charge in [0.25, 0.3) is 0 Å². The first-order valence-electron chi connectivity index (χ1n) is 7.06. The molecular weight excluding hydrogens is 260 g/mol. The van der Waals surface area contributed by atoms with E-state index in [2.05, 4.69) is 23.7 Å². The summed E-state index contributed by atoms with van der Waals surface area (Å²) in [5.74, 6) is -0.848. The summed E-state index contributed by atoms with van der Waals surface area (Å²) in [6.45, 7) is 9.49. The standard InChI is InChI=1S/C14H24N2O2S/c1-4-8-16(9-5-2)10-7-12-15-11(6-3)13(19-12)14(17)18/h4-10H2,1-3H3,(H,17,18). The van der Waals surface area contributed by atoms with Gasteiger partial charge in [-0.3, -0.25) is 0 Å². The van der Waals surface area contributed by atoms with Crippen molar-refractivity contribution < 1.29 is 9.90 Å². The Morgan fingerprint density at radius 1 is 1.21 bits per heavy atom. The van der Waals surface area contributed by atoms with Gasteiger partial charge in [-0.2, -0.15) is 0 Å². The topological polar surface area (TPSA) is 53.4 Å². The maximum Gasteiger partial charge on any atom is 0.347 e. The summed E-state index contributed by atoms with van der Waals surface area (Å²) < 4.78 is 0. The quantitative estimate of drug-likeness (QED) is 0.757. The number of aromatic carboxylic acids is 1. The Hall–Kier alpha value is -0.940. The highest BCUT2D eigenvalue weighted by molar-refractivity contribution is 7.13. The number of rotatable bonds is 9. The van der Waals surface area contributed by atoms with E-state index in [0.717, 1.165) is 49.6 Å². The summed E-state index contributed by atoms with van der Waals surface area (Å²) >= 11 is 1.33. The second kappa shape index (κ2) is 8.27. The molecule has 0 fully saturated rings. The molecule has 0 aromatic carbocycles. The predicted molar refractivity (Wildman–Crippen MR) is 79.2 cm³/mol. The van der Waals surface area contributed by atoms with E-state index in [1.54, 1.807) is 0 Å². The second-order valence-electron chi connectivity index (χ2n) is 4.63. The molecule has 0 unspecified atom stereocenters. The van der Waals surface area contributed by atoms with Crippen LogP contribution in [0.15, 0.2) is 0 Å². The van der Waals surface area contributed by atoms with Gasteiger partial charge in [-0.15, -0.1) is 11.3 Å². The maximum atomic E-state index is 11.1. The molecule has 5 heteroatoms. The Morgan fingerprint density at radius 2 is 1.84 bits per heavy atom. The zero-order valence-corrected chi connectivity index (χ0v) is 12.9. The van der Waals surface area contributed by atoms with E-state index in [0.29, 0.717) is 11.3 Å². The summed E-state index contributed by atoms with van der Waals surface area (Å²) in [5.41, 5.74) is 0.727. The molecule has 0 spiro atoms. The van der Waals surface area contributed by atoms with Crippen LogP contribution in [0.25, 0.3) is 0 Å². The third-order valence-electron chi connectivity index (χ3n) is 2.99. The highest BCUT2D eigenvalue weighted by Gasteiger charge is 2.16. The van der Waals surface area contributed by atoms with Gasteiger partial charge in [0.05, 0.1) is 10.7 Å². The molecule has 1 aromatic heterocycles. The molecule has 4 nitrogen and oxygen atoms in total. The molecule has 1 aromatic rings. The predicted octanol–water partition coefficient (Wildman–Crippen LogP) is 3.07. The average molecular weight is 284 g/mol. The van der Waals surface area contributed by atoms with Crippen LogP contribution in [0, 0.1) is 0 Å². The fourth-order valence-corrected chi connectivity index (χ4v) is 3.12. The van der Waals surface area contributed by atoms with Crippen LogP contribution in [-0.2, 0) is 12.8 Å². The molecule has 1 heterocycles.